The second-order valence-corrected chi connectivity index (χ2v) is 7.37. The van der Waals surface area contributed by atoms with Gasteiger partial charge in [-0.3, -0.25) is 9.59 Å². The lowest BCUT2D eigenvalue weighted by Crippen LogP contribution is -2.42. The highest BCUT2D eigenvalue weighted by atomic mass is 19.1. The van der Waals surface area contributed by atoms with Gasteiger partial charge in [0.05, 0.1) is 11.6 Å². The first-order valence-electron chi connectivity index (χ1n) is 9.13. The molecule has 0 N–H and O–H groups in total. The fourth-order valence-electron chi connectivity index (χ4n) is 4.56. The second-order valence-electron chi connectivity index (χ2n) is 7.37. The summed E-state index contributed by atoms with van der Waals surface area (Å²) in [5.41, 5.74) is 0.735. The van der Waals surface area contributed by atoms with Gasteiger partial charge in [0.1, 0.15) is 11.6 Å². The Kier molecular flexibility index (Phi) is 4.21. The number of carbonyl (C=O) groups is 2. The maximum Gasteiger partial charge on any atom is 0.232 e. The highest BCUT2D eigenvalue weighted by molar-refractivity contribution is 6.00. The molecule has 4 rings (SSSR count). The Hall–Kier alpha value is -1.98. The van der Waals surface area contributed by atoms with Gasteiger partial charge in [0.15, 0.2) is 0 Å². The Labute approximate surface area is 145 Å². The van der Waals surface area contributed by atoms with Crippen molar-refractivity contribution in [2.45, 2.75) is 51.0 Å². The van der Waals surface area contributed by atoms with E-state index < -0.39 is 17.6 Å². The molecule has 4 nitrogen and oxygen atoms in total. The van der Waals surface area contributed by atoms with Gasteiger partial charge in [0.2, 0.25) is 11.8 Å². The van der Waals surface area contributed by atoms with Crippen LogP contribution in [0.25, 0.3) is 0 Å². The van der Waals surface area contributed by atoms with Crippen molar-refractivity contribution in [3.63, 3.8) is 0 Å². The third-order valence-electron chi connectivity index (χ3n) is 5.74. The highest BCUT2D eigenvalue weighted by Crippen LogP contribution is 2.35. The monoisotopic (exact) mass is 348 g/mol. The summed E-state index contributed by atoms with van der Waals surface area (Å²) >= 11 is 0. The van der Waals surface area contributed by atoms with Crippen molar-refractivity contribution >= 4 is 17.5 Å². The van der Waals surface area contributed by atoms with Gasteiger partial charge in [0, 0.05) is 31.6 Å². The van der Waals surface area contributed by atoms with Gasteiger partial charge in [-0.1, -0.05) is 12.8 Å². The fraction of sp³-hybridized carbons (Fsp3) is 0.579. The van der Waals surface area contributed by atoms with Crippen LogP contribution in [0.4, 0.5) is 14.5 Å². The maximum absolute atomic E-state index is 14.3. The number of nitrogens with zero attached hydrogens (tertiary/aromatic N) is 2. The summed E-state index contributed by atoms with van der Waals surface area (Å²) in [4.78, 5) is 28.6. The lowest BCUT2D eigenvalue weighted by molar-refractivity contribution is -0.130. The van der Waals surface area contributed by atoms with Crippen molar-refractivity contribution < 1.29 is 18.4 Å². The minimum absolute atomic E-state index is 0.0297. The molecule has 1 aliphatic carbocycles. The van der Waals surface area contributed by atoms with Crippen molar-refractivity contribution in [2.24, 2.45) is 5.92 Å². The minimum atomic E-state index is -0.694. The van der Waals surface area contributed by atoms with Crippen LogP contribution in [0.2, 0.25) is 0 Å². The molecule has 3 aliphatic rings. The third kappa shape index (κ3) is 2.92. The molecule has 1 aromatic carbocycles. The lowest BCUT2D eigenvalue weighted by atomic mass is 9.98. The zero-order valence-electron chi connectivity index (χ0n) is 14.1. The van der Waals surface area contributed by atoms with Gasteiger partial charge in [-0.2, -0.15) is 0 Å². The van der Waals surface area contributed by atoms with Gasteiger partial charge >= 0.3 is 0 Å². The molecule has 2 fully saturated rings. The quantitative estimate of drug-likeness (QED) is 0.824. The number of anilines is 1. The van der Waals surface area contributed by atoms with Gasteiger partial charge in [-0.25, -0.2) is 8.78 Å². The van der Waals surface area contributed by atoms with Crippen LogP contribution < -0.4 is 4.90 Å². The molecule has 0 radical (unpaired) electrons. The van der Waals surface area contributed by atoms with Gasteiger partial charge < -0.3 is 9.80 Å². The second kappa shape index (κ2) is 6.39. The highest BCUT2D eigenvalue weighted by Gasteiger charge is 2.41. The number of amides is 2. The molecular formula is C19H22F2N2O2. The standard InChI is InChI=1S/C19H22F2N2O2/c20-14-8-12-4-3-7-22(18(12)16(21)10-14)19(25)13-9-17(24)23(11-13)15-5-1-2-6-15/h8,10,13,15H,1-7,9,11H2. The molecule has 2 amide bonds. The molecule has 1 unspecified atom stereocenters. The lowest BCUT2D eigenvalue weighted by Gasteiger charge is -2.32. The van der Waals surface area contributed by atoms with Crippen LogP contribution in [-0.2, 0) is 16.0 Å². The molecular weight excluding hydrogens is 326 g/mol. The van der Waals surface area contributed by atoms with Crippen LogP contribution in [-0.4, -0.2) is 35.8 Å². The largest absolute Gasteiger partial charge is 0.339 e. The molecule has 0 bridgehead atoms. The zero-order chi connectivity index (χ0) is 17.6. The molecule has 25 heavy (non-hydrogen) atoms. The van der Waals surface area contributed by atoms with E-state index in [2.05, 4.69) is 0 Å². The van der Waals surface area contributed by atoms with Crippen LogP contribution in [0.5, 0.6) is 0 Å². The number of hydrogen-bond donors (Lipinski definition) is 0. The molecule has 1 aromatic rings. The number of carbonyl (C=O) groups excluding carboxylic acids is 2. The van der Waals surface area contributed by atoms with Crippen LogP contribution in [0.3, 0.4) is 0 Å². The number of hydrogen-bond acceptors (Lipinski definition) is 2. The van der Waals surface area contributed by atoms with Crippen molar-refractivity contribution in [3.05, 3.63) is 29.3 Å². The SMILES string of the molecule is O=C(C1CC(=O)N(C2CCCC2)C1)N1CCCc2cc(F)cc(F)c21. The molecule has 6 heteroatoms. The summed E-state index contributed by atoms with van der Waals surface area (Å²) < 4.78 is 27.8. The van der Waals surface area contributed by atoms with E-state index in [1.54, 1.807) is 0 Å². The summed E-state index contributed by atoms with van der Waals surface area (Å²) in [7, 11) is 0. The number of likely N-dealkylation sites (tertiary alicyclic amines) is 1. The Morgan fingerprint density at radius 1 is 1.12 bits per heavy atom. The summed E-state index contributed by atoms with van der Waals surface area (Å²) in [6.07, 6.45) is 5.71. The normalized spacial score (nSPS) is 24.1. The third-order valence-corrected chi connectivity index (χ3v) is 5.74. The minimum Gasteiger partial charge on any atom is -0.339 e. The smallest absolute Gasteiger partial charge is 0.232 e. The van der Waals surface area contributed by atoms with E-state index in [4.69, 9.17) is 0 Å². The number of rotatable bonds is 2. The molecule has 2 aliphatic heterocycles. The molecule has 1 saturated carbocycles. The summed E-state index contributed by atoms with van der Waals surface area (Å²) in [5, 5.41) is 0. The number of halogens is 2. The van der Waals surface area contributed by atoms with Crippen molar-refractivity contribution in [3.8, 4) is 0 Å². The molecule has 0 spiro atoms. The number of fused-ring (bicyclic) bond motifs is 1. The zero-order valence-corrected chi connectivity index (χ0v) is 14.1. The van der Waals surface area contributed by atoms with Crippen molar-refractivity contribution in [2.75, 3.05) is 18.0 Å². The van der Waals surface area contributed by atoms with E-state index in [1.165, 1.54) is 11.0 Å². The molecule has 0 aromatic heterocycles. The molecule has 2 heterocycles. The topological polar surface area (TPSA) is 40.6 Å². The Bertz CT molecular complexity index is 716. The van der Waals surface area contributed by atoms with Crippen LogP contribution in [0.15, 0.2) is 12.1 Å². The van der Waals surface area contributed by atoms with E-state index in [0.717, 1.165) is 31.7 Å². The van der Waals surface area contributed by atoms with Crippen LogP contribution in [0, 0.1) is 17.6 Å². The van der Waals surface area contributed by atoms with Crippen molar-refractivity contribution in [1.82, 2.24) is 4.90 Å². The average molecular weight is 348 g/mol. The maximum atomic E-state index is 14.3. The first kappa shape index (κ1) is 16.5. The first-order chi connectivity index (χ1) is 12.0. The first-order valence-corrected chi connectivity index (χ1v) is 9.13. The van der Waals surface area contributed by atoms with E-state index in [0.29, 0.717) is 31.5 Å². The summed E-state index contributed by atoms with van der Waals surface area (Å²) in [6, 6.07) is 2.39. The number of aryl methyl sites for hydroxylation is 1. The van der Waals surface area contributed by atoms with E-state index in [9.17, 15) is 18.4 Å². The van der Waals surface area contributed by atoms with Gasteiger partial charge in [-0.15, -0.1) is 0 Å². The van der Waals surface area contributed by atoms with Gasteiger partial charge in [-0.05, 0) is 37.3 Å². The van der Waals surface area contributed by atoms with E-state index in [1.807, 2.05) is 4.90 Å². The van der Waals surface area contributed by atoms with E-state index in [-0.39, 0.29) is 30.0 Å². The Morgan fingerprint density at radius 2 is 1.88 bits per heavy atom. The van der Waals surface area contributed by atoms with Crippen molar-refractivity contribution in [1.29, 1.82) is 0 Å². The van der Waals surface area contributed by atoms with Crippen LogP contribution >= 0.6 is 0 Å². The Balaban J connectivity index is 1.56. The predicted octanol–water partition coefficient (Wildman–Crippen LogP) is 3.04. The number of benzene rings is 1. The molecule has 134 valence electrons. The van der Waals surface area contributed by atoms with Gasteiger partial charge in [0.25, 0.3) is 0 Å². The molecule has 1 saturated heterocycles. The summed E-state index contributed by atoms with van der Waals surface area (Å²) in [6.45, 7) is 0.847. The Morgan fingerprint density at radius 3 is 2.64 bits per heavy atom. The summed E-state index contributed by atoms with van der Waals surface area (Å²) in [5.74, 6) is -1.92. The van der Waals surface area contributed by atoms with Crippen LogP contribution in [0.1, 0.15) is 44.1 Å². The fourth-order valence-corrected chi connectivity index (χ4v) is 4.56. The average Bonchev–Trinajstić information content (AvgIpc) is 3.22. The molecule has 1 atom stereocenters. The predicted molar refractivity (Wildman–Crippen MR) is 89.1 cm³/mol. The van der Waals surface area contributed by atoms with E-state index >= 15 is 0 Å².